The number of halogens is 1. The summed E-state index contributed by atoms with van der Waals surface area (Å²) in [6.07, 6.45) is 2.46. The van der Waals surface area contributed by atoms with Crippen LogP contribution < -0.4 is 4.74 Å². The lowest BCUT2D eigenvalue weighted by atomic mass is 10.1. The van der Waals surface area contributed by atoms with Crippen LogP contribution in [0.5, 0.6) is 10.9 Å². The van der Waals surface area contributed by atoms with Crippen LogP contribution in [0.1, 0.15) is 29.4 Å². The minimum absolute atomic E-state index is 0.529. The van der Waals surface area contributed by atoms with Crippen molar-refractivity contribution in [3.63, 3.8) is 0 Å². The third-order valence-electron chi connectivity index (χ3n) is 4.28. The zero-order valence-corrected chi connectivity index (χ0v) is 18.0. The molecule has 0 aliphatic rings. The molecule has 0 radical (unpaired) electrons. The van der Waals surface area contributed by atoms with Crippen LogP contribution in [0.2, 0.25) is 5.02 Å². The van der Waals surface area contributed by atoms with Crippen molar-refractivity contribution in [1.82, 2.24) is 14.3 Å². The number of aliphatic imine (C=N–C) groups is 1. The van der Waals surface area contributed by atoms with Crippen molar-refractivity contribution < 1.29 is 4.74 Å². The van der Waals surface area contributed by atoms with Crippen molar-refractivity contribution in [2.45, 2.75) is 27.2 Å². The Hall–Kier alpha value is -2.44. The van der Waals surface area contributed by atoms with Gasteiger partial charge in [-0.15, -0.1) is 0 Å². The van der Waals surface area contributed by atoms with Crippen molar-refractivity contribution in [2.24, 2.45) is 4.99 Å². The molecule has 0 bridgehead atoms. The minimum Gasteiger partial charge on any atom is -0.430 e. The monoisotopic (exact) mass is 414 g/mol. The molecule has 0 atom stereocenters. The van der Waals surface area contributed by atoms with E-state index in [9.17, 15) is 0 Å². The Kier molecular flexibility index (Phi) is 6.65. The molecule has 146 valence electrons. The number of nitrogens with zero attached hydrogens (tertiary/aromatic N) is 4. The topological polar surface area (TPSA) is 50.6 Å². The molecule has 0 unspecified atom stereocenters. The van der Waals surface area contributed by atoms with Crippen molar-refractivity contribution in [2.75, 3.05) is 13.6 Å². The number of aryl methyl sites for hydroxylation is 2. The van der Waals surface area contributed by atoms with Gasteiger partial charge in [-0.05, 0) is 61.7 Å². The normalized spacial score (nSPS) is 11.2. The molecule has 0 spiro atoms. The van der Waals surface area contributed by atoms with Crippen LogP contribution in [0, 0.1) is 13.8 Å². The first kappa shape index (κ1) is 20.3. The summed E-state index contributed by atoms with van der Waals surface area (Å²) in [7, 11) is 2.00. The standard InChI is InChI=1S/C21H23ClN4OS/c1-5-26(4)13-23-18-9-15(3)19(10-14(18)2)27-21-24-20(25-28-21)12-16-7-6-8-17(22)11-16/h6-11,13H,5,12H2,1-4H3/b23-13-. The van der Waals surface area contributed by atoms with Crippen LogP contribution >= 0.6 is 23.1 Å². The van der Waals surface area contributed by atoms with Gasteiger partial charge in [0.05, 0.1) is 12.0 Å². The van der Waals surface area contributed by atoms with Gasteiger partial charge in [0, 0.05) is 36.6 Å². The van der Waals surface area contributed by atoms with E-state index in [4.69, 9.17) is 16.3 Å². The summed E-state index contributed by atoms with van der Waals surface area (Å²) >= 11 is 7.29. The molecule has 3 aromatic rings. The fourth-order valence-corrected chi connectivity index (χ4v) is 3.32. The maximum absolute atomic E-state index is 6.04. The second-order valence-electron chi connectivity index (χ2n) is 6.61. The molecule has 0 amide bonds. The van der Waals surface area contributed by atoms with Gasteiger partial charge in [-0.1, -0.05) is 23.7 Å². The van der Waals surface area contributed by atoms with E-state index >= 15 is 0 Å². The Morgan fingerprint density at radius 2 is 2.04 bits per heavy atom. The molecule has 2 aromatic carbocycles. The largest absolute Gasteiger partial charge is 0.430 e. The Bertz CT molecular complexity index is 986. The highest BCUT2D eigenvalue weighted by Crippen LogP contribution is 2.32. The molecule has 1 aromatic heterocycles. The van der Waals surface area contributed by atoms with Gasteiger partial charge in [-0.25, -0.2) is 4.99 Å². The third-order valence-corrected chi connectivity index (χ3v) is 5.15. The molecular formula is C21H23ClN4OS. The van der Waals surface area contributed by atoms with Gasteiger partial charge in [0.2, 0.25) is 0 Å². The molecule has 0 aliphatic heterocycles. The van der Waals surface area contributed by atoms with Crippen molar-refractivity contribution >= 4 is 35.2 Å². The number of benzene rings is 2. The first-order valence-electron chi connectivity index (χ1n) is 9.05. The fourth-order valence-electron chi connectivity index (χ4n) is 2.54. The predicted molar refractivity (Wildman–Crippen MR) is 117 cm³/mol. The summed E-state index contributed by atoms with van der Waals surface area (Å²) in [6.45, 7) is 7.03. The first-order valence-corrected chi connectivity index (χ1v) is 10.2. The van der Waals surface area contributed by atoms with Crippen LogP contribution in [0.4, 0.5) is 5.69 Å². The highest BCUT2D eigenvalue weighted by molar-refractivity contribution is 7.07. The van der Waals surface area contributed by atoms with E-state index in [1.807, 2.05) is 68.5 Å². The maximum atomic E-state index is 6.04. The number of ether oxygens (including phenoxy) is 1. The van der Waals surface area contributed by atoms with Crippen LogP contribution in [0.25, 0.3) is 0 Å². The molecule has 0 aliphatic carbocycles. The summed E-state index contributed by atoms with van der Waals surface area (Å²) in [5, 5.41) is 1.24. The predicted octanol–water partition coefficient (Wildman–Crippen LogP) is 5.80. The summed E-state index contributed by atoms with van der Waals surface area (Å²) in [5.41, 5.74) is 4.06. The molecule has 0 N–H and O–H groups in total. The van der Waals surface area contributed by atoms with E-state index in [0.29, 0.717) is 16.6 Å². The molecule has 5 nitrogen and oxygen atoms in total. The average molecular weight is 415 g/mol. The van der Waals surface area contributed by atoms with Crippen molar-refractivity contribution in [1.29, 1.82) is 0 Å². The summed E-state index contributed by atoms with van der Waals surface area (Å²) in [5.74, 6) is 1.49. The van der Waals surface area contributed by atoms with Crippen LogP contribution in [-0.2, 0) is 6.42 Å². The Labute approximate surface area is 174 Å². The molecule has 7 heteroatoms. The quantitative estimate of drug-likeness (QED) is 0.362. The Morgan fingerprint density at radius 3 is 2.79 bits per heavy atom. The van der Waals surface area contributed by atoms with E-state index in [-0.39, 0.29) is 0 Å². The molecular weight excluding hydrogens is 392 g/mol. The van der Waals surface area contributed by atoms with Gasteiger partial charge >= 0.3 is 0 Å². The summed E-state index contributed by atoms with van der Waals surface area (Å²) in [6, 6.07) is 11.7. The van der Waals surface area contributed by atoms with Crippen molar-refractivity contribution in [3.8, 4) is 10.9 Å². The van der Waals surface area contributed by atoms with Gasteiger partial charge in [-0.3, -0.25) is 0 Å². The molecule has 1 heterocycles. The van der Waals surface area contributed by atoms with Gasteiger partial charge < -0.3 is 9.64 Å². The van der Waals surface area contributed by atoms with E-state index in [2.05, 4.69) is 21.3 Å². The molecule has 0 fully saturated rings. The van der Waals surface area contributed by atoms with E-state index in [1.54, 1.807) is 0 Å². The van der Waals surface area contributed by atoms with Crippen LogP contribution in [-0.4, -0.2) is 34.2 Å². The van der Waals surface area contributed by atoms with Gasteiger partial charge in [0.25, 0.3) is 5.19 Å². The zero-order chi connectivity index (χ0) is 20.1. The molecule has 3 rings (SSSR count). The molecule has 0 saturated carbocycles. The zero-order valence-electron chi connectivity index (χ0n) is 16.4. The lowest BCUT2D eigenvalue weighted by Gasteiger charge is -2.11. The van der Waals surface area contributed by atoms with Crippen LogP contribution in [0.15, 0.2) is 41.4 Å². The smallest absolute Gasteiger partial charge is 0.298 e. The third kappa shape index (κ3) is 5.30. The Morgan fingerprint density at radius 1 is 1.21 bits per heavy atom. The van der Waals surface area contributed by atoms with Gasteiger partial charge in [-0.2, -0.15) is 9.36 Å². The second kappa shape index (κ2) is 9.17. The molecule has 28 heavy (non-hydrogen) atoms. The molecule has 0 saturated heterocycles. The van der Waals surface area contributed by atoms with E-state index < -0.39 is 0 Å². The maximum Gasteiger partial charge on any atom is 0.298 e. The van der Waals surface area contributed by atoms with E-state index in [0.717, 1.165) is 40.5 Å². The fraction of sp³-hybridized carbons (Fsp3) is 0.286. The number of hydrogen-bond donors (Lipinski definition) is 0. The number of hydrogen-bond acceptors (Lipinski definition) is 5. The first-order chi connectivity index (χ1) is 13.4. The number of aromatic nitrogens is 2. The lowest BCUT2D eigenvalue weighted by Crippen LogP contribution is -2.14. The summed E-state index contributed by atoms with van der Waals surface area (Å²) < 4.78 is 10.4. The van der Waals surface area contributed by atoms with Gasteiger partial charge in [0.15, 0.2) is 5.82 Å². The Balaban J connectivity index is 1.73. The lowest BCUT2D eigenvalue weighted by molar-refractivity contribution is 0.473. The summed E-state index contributed by atoms with van der Waals surface area (Å²) in [4.78, 5) is 11.1. The average Bonchev–Trinajstić information content (AvgIpc) is 3.09. The van der Waals surface area contributed by atoms with Crippen molar-refractivity contribution in [3.05, 3.63) is 63.9 Å². The highest BCUT2D eigenvalue weighted by Gasteiger charge is 2.11. The number of rotatable bonds is 7. The van der Waals surface area contributed by atoms with Gasteiger partial charge in [0.1, 0.15) is 5.75 Å². The second-order valence-corrected chi connectivity index (χ2v) is 7.76. The minimum atomic E-state index is 0.529. The van der Waals surface area contributed by atoms with Crippen LogP contribution in [0.3, 0.4) is 0 Å². The highest BCUT2D eigenvalue weighted by atomic mass is 35.5. The SMILES string of the molecule is CCN(C)/C=N\c1cc(C)c(Oc2nc(Cc3cccc(Cl)c3)ns2)cc1C. The van der Waals surface area contributed by atoms with E-state index in [1.165, 1.54) is 11.5 Å².